The third-order valence-corrected chi connectivity index (χ3v) is 2.56. The van der Waals surface area contributed by atoms with Gasteiger partial charge in [0.25, 0.3) is 5.91 Å². The molecule has 0 saturated carbocycles. The van der Waals surface area contributed by atoms with Crippen LogP contribution >= 0.6 is 0 Å². The summed E-state index contributed by atoms with van der Waals surface area (Å²) in [6.45, 7) is 1.98. The van der Waals surface area contributed by atoms with Crippen LogP contribution in [0.2, 0.25) is 0 Å². The Morgan fingerprint density at radius 1 is 1.44 bits per heavy atom. The standard InChI is InChI=1S/C13H13NO4/c1-3-18-12(15)7-10-9-6-8(17-2)4-5-11(9)14-13(10)16/h4-7H,3H2,1-2H3,(H,14,16). The summed E-state index contributed by atoms with van der Waals surface area (Å²) in [5.41, 5.74) is 1.60. The normalized spacial score (nSPS) is 15.2. The molecule has 0 aromatic heterocycles. The first-order chi connectivity index (χ1) is 8.65. The maximum absolute atomic E-state index is 11.7. The first-order valence-electron chi connectivity index (χ1n) is 5.54. The molecule has 1 aliphatic heterocycles. The molecule has 0 radical (unpaired) electrons. The van der Waals surface area contributed by atoms with E-state index < -0.39 is 5.97 Å². The van der Waals surface area contributed by atoms with Crippen molar-refractivity contribution in [3.8, 4) is 5.75 Å². The molecule has 0 unspecified atom stereocenters. The molecule has 1 aromatic rings. The van der Waals surface area contributed by atoms with Crippen molar-refractivity contribution in [3.05, 3.63) is 29.8 Å². The number of fused-ring (bicyclic) bond motifs is 1. The quantitative estimate of drug-likeness (QED) is 0.650. The van der Waals surface area contributed by atoms with Gasteiger partial charge in [-0.1, -0.05) is 0 Å². The number of carbonyl (C=O) groups is 2. The lowest BCUT2D eigenvalue weighted by molar-refractivity contribution is -0.137. The Bertz CT molecular complexity index is 534. The fraction of sp³-hybridized carbons (Fsp3) is 0.231. The molecule has 1 aromatic carbocycles. The fourth-order valence-corrected chi connectivity index (χ4v) is 1.74. The van der Waals surface area contributed by atoms with Crippen molar-refractivity contribution in [2.24, 2.45) is 0 Å². The Kier molecular flexibility index (Phi) is 3.32. The highest BCUT2D eigenvalue weighted by Gasteiger charge is 2.25. The van der Waals surface area contributed by atoms with Gasteiger partial charge in [-0.15, -0.1) is 0 Å². The summed E-state index contributed by atoms with van der Waals surface area (Å²) < 4.78 is 9.89. The maximum Gasteiger partial charge on any atom is 0.331 e. The molecule has 0 saturated heterocycles. The lowest BCUT2D eigenvalue weighted by Crippen LogP contribution is -2.07. The molecule has 5 nitrogen and oxygen atoms in total. The van der Waals surface area contributed by atoms with E-state index in [1.165, 1.54) is 6.08 Å². The third-order valence-electron chi connectivity index (χ3n) is 2.56. The zero-order valence-corrected chi connectivity index (χ0v) is 10.1. The lowest BCUT2D eigenvalue weighted by atomic mass is 10.1. The highest BCUT2D eigenvalue weighted by molar-refractivity contribution is 6.33. The second-order valence-electron chi connectivity index (χ2n) is 3.68. The molecule has 1 N–H and O–H groups in total. The van der Waals surface area contributed by atoms with E-state index in [9.17, 15) is 9.59 Å². The monoisotopic (exact) mass is 247 g/mol. The van der Waals surface area contributed by atoms with Crippen molar-refractivity contribution in [1.82, 2.24) is 0 Å². The summed E-state index contributed by atoms with van der Waals surface area (Å²) in [6, 6.07) is 5.18. The first kappa shape index (κ1) is 12.2. The van der Waals surface area contributed by atoms with Gasteiger partial charge in [0.1, 0.15) is 5.75 Å². The number of carbonyl (C=O) groups excluding carboxylic acids is 2. The van der Waals surface area contributed by atoms with E-state index in [0.29, 0.717) is 22.6 Å². The molecule has 1 heterocycles. The Morgan fingerprint density at radius 2 is 2.22 bits per heavy atom. The van der Waals surface area contributed by atoms with Crippen molar-refractivity contribution in [2.75, 3.05) is 19.0 Å². The zero-order chi connectivity index (χ0) is 13.1. The Balaban J connectivity index is 2.40. The number of nitrogens with one attached hydrogen (secondary N) is 1. The average molecular weight is 247 g/mol. The molecule has 94 valence electrons. The highest BCUT2D eigenvalue weighted by atomic mass is 16.5. The fourth-order valence-electron chi connectivity index (χ4n) is 1.74. The average Bonchev–Trinajstić information content (AvgIpc) is 2.65. The molecule has 0 atom stereocenters. The van der Waals surface area contributed by atoms with Gasteiger partial charge < -0.3 is 14.8 Å². The van der Waals surface area contributed by atoms with Crippen LogP contribution in [-0.2, 0) is 14.3 Å². The van der Waals surface area contributed by atoms with E-state index in [2.05, 4.69) is 5.32 Å². The van der Waals surface area contributed by atoms with Crippen LogP contribution in [0.15, 0.2) is 24.3 Å². The molecule has 0 fully saturated rings. The van der Waals surface area contributed by atoms with Gasteiger partial charge in [-0.25, -0.2) is 4.79 Å². The number of methoxy groups -OCH3 is 1. The Hall–Kier alpha value is -2.30. The number of anilines is 1. The molecule has 18 heavy (non-hydrogen) atoms. The summed E-state index contributed by atoms with van der Waals surface area (Å²) in [5, 5.41) is 2.68. The van der Waals surface area contributed by atoms with Crippen molar-refractivity contribution in [1.29, 1.82) is 0 Å². The molecule has 0 bridgehead atoms. The van der Waals surface area contributed by atoms with Crippen LogP contribution in [0.4, 0.5) is 5.69 Å². The topological polar surface area (TPSA) is 64.6 Å². The predicted molar refractivity (Wildman–Crippen MR) is 66.2 cm³/mol. The number of rotatable bonds is 3. The van der Waals surface area contributed by atoms with Crippen LogP contribution < -0.4 is 10.1 Å². The van der Waals surface area contributed by atoms with E-state index in [1.807, 2.05) is 0 Å². The van der Waals surface area contributed by atoms with Crippen molar-refractivity contribution >= 4 is 23.1 Å². The van der Waals surface area contributed by atoms with Crippen LogP contribution in [0.1, 0.15) is 12.5 Å². The van der Waals surface area contributed by atoms with Crippen LogP contribution in [-0.4, -0.2) is 25.6 Å². The molecular weight excluding hydrogens is 234 g/mol. The lowest BCUT2D eigenvalue weighted by Gasteiger charge is -2.03. The maximum atomic E-state index is 11.7. The Morgan fingerprint density at radius 3 is 2.89 bits per heavy atom. The first-order valence-corrected chi connectivity index (χ1v) is 5.54. The van der Waals surface area contributed by atoms with Crippen LogP contribution in [0, 0.1) is 0 Å². The summed E-state index contributed by atoms with van der Waals surface area (Å²) in [7, 11) is 1.54. The predicted octanol–water partition coefficient (Wildman–Crippen LogP) is 1.59. The summed E-state index contributed by atoms with van der Waals surface area (Å²) in [4.78, 5) is 23.1. The SMILES string of the molecule is CCOC(=O)C=C1C(=O)Nc2ccc(OC)cc21. The second kappa shape index (κ2) is 4.91. The minimum absolute atomic E-state index is 0.273. The van der Waals surface area contributed by atoms with Crippen LogP contribution in [0.3, 0.4) is 0 Å². The molecule has 5 heteroatoms. The van der Waals surface area contributed by atoms with E-state index in [1.54, 1.807) is 32.2 Å². The van der Waals surface area contributed by atoms with E-state index >= 15 is 0 Å². The molecule has 2 rings (SSSR count). The van der Waals surface area contributed by atoms with Gasteiger partial charge in [0, 0.05) is 17.3 Å². The summed E-state index contributed by atoms with van der Waals surface area (Å²) in [6.07, 6.45) is 1.20. The van der Waals surface area contributed by atoms with Crippen molar-refractivity contribution in [3.63, 3.8) is 0 Å². The minimum atomic E-state index is -0.529. The van der Waals surface area contributed by atoms with Gasteiger partial charge in [0.05, 0.1) is 19.3 Å². The Labute approximate surface area is 104 Å². The molecule has 0 aliphatic carbocycles. The van der Waals surface area contributed by atoms with Crippen molar-refractivity contribution < 1.29 is 19.1 Å². The molecular formula is C13H13NO4. The smallest absolute Gasteiger partial charge is 0.331 e. The number of ether oxygens (including phenoxy) is 2. The van der Waals surface area contributed by atoms with Crippen LogP contribution in [0.5, 0.6) is 5.75 Å². The van der Waals surface area contributed by atoms with E-state index in [0.717, 1.165) is 0 Å². The minimum Gasteiger partial charge on any atom is -0.497 e. The number of benzene rings is 1. The van der Waals surface area contributed by atoms with E-state index in [4.69, 9.17) is 9.47 Å². The van der Waals surface area contributed by atoms with Gasteiger partial charge in [0.2, 0.25) is 0 Å². The molecule has 0 spiro atoms. The van der Waals surface area contributed by atoms with Crippen molar-refractivity contribution in [2.45, 2.75) is 6.92 Å². The summed E-state index contributed by atoms with van der Waals surface area (Å²) in [5.74, 6) is -0.218. The van der Waals surface area contributed by atoms with Gasteiger partial charge in [-0.2, -0.15) is 0 Å². The largest absolute Gasteiger partial charge is 0.497 e. The molecule has 1 amide bonds. The van der Waals surface area contributed by atoms with Gasteiger partial charge >= 0.3 is 5.97 Å². The number of esters is 1. The van der Waals surface area contributed by atoms with E-state index in [-0.39, 0.29) is 12.5 Å². The third kappa shape index (κ3) is 2.20. The second-order valence-corrected chi connectivity index (χ2v) is 3.68. The highest BCUT2D eigenvalue weighted by Crippen LogP contribution is 2.34. The molecule has 1 aliphatic rings. The zero-order valence-electron chi connectivity index (χ0n) is 10.1. The van der Waals surface area contributed by atoms with Gasteiger partial charge in [-0.05, 0) is 25.1 Å². The number of hydrogen-bond donors (Lipinski definition) is 1. The number of hydrogen-bond acceptors (Lipinski definition) is 4. The van der Waals surface area contributed by atoms with Gasteiger partial charge in [-0.3, -0.25) is 4.79 Å². The summed E-state index contributed by atoms with van der Waals surface area (Å²) >= 11 is 0. The number of amides is 1. The van der Waals surface area contributed by atoms with Gasteiger partial charge in [0.15, 0.2) is 0 Å². The van der Waals surface area contributed by atoms with Crippen LogP contribution in [0.25, 0.3) is 5.57 Å².